The fraction of sp³-hybridized carbons (Fsp3) is 0. The molecule has 1 heterocycles. The quantitative estimate of drug-likeness (QED) is 0.758. The molecule has 0 amide bonds. The zero-order valence-electron chi connectivity index (χ0n) is 7.07. The van der Waals surface area contributed by atoms with Gasteiger partial charge in [-0.15, -0.1) is 0 Å². The van der Waals surface area contributed by atoms with E-state index in [1.807, 2.05) is 0 Å². The minimum atomic E-state index is 0.0536. The molecule has 1 aromatic carbocycles. The number of nitrogen functional groups attached to an aromatic ring is 1. The van der Waals surface area contributed by atoms with E-state index in [4.69, 9.17) is 21.9 Å². The Balaban J connectivity index is 2.62. The summed E-state index contributed by atoms with van der Waals surface area (Å²) in [5.41, 5.74) is 6.38. The highest BCUT2D eigenvalue weighted by Crippen LogP contribution is 2.34. The van der Waals surface area contributed by atoms with Crippen LogP contribution in [0.15, 0.2) is 28.9 Å². The Morgan fingerprint density at radius 2 is 2.21 bits per heavy atom. The molecule has 2 aromatic rings. The Morgan fingerprint density at radius 3 is 2.86 bits per heavy atom. The lowest BCUT2D eigenvalue weighted by atomic mass is 10.1. The van der Waals surface area contributed by atoms with Crippen molar-refractivity contribution >= 4 is 17.3 Å². The highest BCUT2D eigenvalue weighted by atomic mass is 35.5. The van der Waals surface area contributed by atoms with Gasteiger partial charge in [0.15, 0.2) is 5.76 Å². The van der Waals surface area contributed by atoms with Crippen LogP contribution in [0.2, 0.25) is 5.02 Å². The molecule has 0 atom stereocenters. The zero-order valence-corrected chi connectivity index (χ0v) is 7.82. The number of hydrogen-bond acceptors (Lipinski definition) is 4. The summed E-state index contributed by atoms with van der Waals surface area (Å²) in [6.45, 7) is 0. The highest BCUT2D eigenvalue weighted by Gasteiger charge is 2.12. The molecule has 0 aliphatic rings. The number of halogens is 1. The summed E-state index contributed by atoms with van der Waals surface area (Å²) >= 11 is 5.77. The molecule has 14 heavy (non-hydrogen) atoms. The first kappa shape index (κ1) is 8.90. The Bertz CT molecular complexity index is 468. The third-order valence-electron chi connectivity index (χ3n) is 1.80. The Morgan fingerprint density at radius 1 is 1.43 bits per heavy atom. The van der Waals surface area contributed by atoms with E-state index < -0.39 is 0 Å². The van der Waals surface area contributed by atoms with Gasteiger partial charge in [0.2, 0.25) is 0 Å². The van der Waals surface area contributed by atoms with Crippen LogP contribution < -0.4 is 5.73 Å². The van der Waals surface area contributed by atoms with Crippen molar-refractivity contribution in [3.63, 3.8) is 0 Å². The summed E-state index contributed by atoms with van der Waals surface area (Å²) in [6, 6.07) is 4.61. The number of aromatic nitrogens is 1. The fourth-order valence-electron chi connectivity index (χ4n) is 1.14. The second kappa shape index (κ2) is 3.23. The molecule has 0 aliphatic carbocycles. The predicted octanol–water partition coefficient (Wildman–Crippen LogP) is 2.28. The molecule has 2 rings (SSSR count). The Hall–Kier alpha value is -1.68. The van der Waals surface area contributed by atoms with Crippen molar-refractivity contribution in [3.05, 3.63) is 29.4 Å². The lowest BCUT2D eigenvalue weighted by molar-refractivity contribution is 0.426. The van der Waals surface area contributed by atoms with Gasteiger partial charge in [0.25, 0.3) is 0 Å². The molecule has 0 saturated carbocycles. The van der Waals surface area contributed by atoms with Gasteiger partial charge in [-0.2, -0.15) is 0 Å². The average Bonchev–Trinajstić information content (AvgIpc) is 2.56. The lowest BCUT2D eigenvalue weighted by Gasteiger charge is -2.01. The topological polar surface area (TPSA) is 72.3 Å². The van der Waals surface area contributed by atoms with Gasteiger partial charge >= 0.3 is 0 Å². The van der Waals surface area contributed by atoms with E-state index in [2.05, 4.69) is 5.16 Å². The Labute approximate surface area is 84.9 Å². The van der Waals surface area contributed by atoms with E-state index in [1.54, 1.807) is 12.1 Å². The average molecular weight is 211 g/mol. The van der Waals surface area contributed by atoms with Gasteiger partial charge in [0, 0.05) is 5.02 Å². The van der Waals surface area contributed by atoms with E-state index >= 15 is 0 Å². The van der Waals surface area contributed by atoms with Crippen LogP contribution in [0.4, 0.5) is 5.69 Å². The molecule has 5 heteroatoms. The number of rotatable bonds is 1. The maximum absolute atomic E-state index is 9.53. The maximum atomic E-state index is 9.53. The minimum absolute atomic E-state index is 0.0536. The predicted molar refractivity (Wildman–Crippen MR) is 53.0 cm³/mol. The molecule has 0 radical (unpaired) electrons. The first-order chi connectivity index (χ1) is 6.68. The van der Waals surface area contributed by atoms with E-state index in [9.17, 15) is 5.11 Å². The standard InChI is InChI=1S/C9H7ClN2O2/c10-5-1-2-8(13)6(3-5)9-7(11)4-12-14-9/h1-4,13H,11H2. The number of aromatic hydroxyl groups is 1. The van der Waals surface area contributed by atoms with Crippen molar-refractivity contribution in [3.8, 4) is 17.1 Å². The van der Waals surface area contributed by atoms with Crippen molar-refractivity contribution in [1.82, 2.24) is 5.16 Å². The highest BCUT2D eigenvalue weighted by molar-refractivity contribution is 6.31. The molecule has 72 valence electrons. The smallest absolute Gasteiger partial charge is 0.193 e. The first-order valence-electron chi connectivity index (χ1n) is 3.87. The monoisotopic (exact) mass is 210 g/mol. The third-order valence-corrected chi connectivity index (χ3v) is 2.04. The van der Waals surface area contributed by atoms with Crippen LogP contribution in [0, 0.1) is 0 Å². The number of hydrogen-bond donors (Lipinski definition) is 2. The zero-order chi connectivity index (χ0) is 10.1. The van der Waals surface area contributed by atoms with Crippen LogP contribution in [0.5, 0.6) is 5.75 Å². The normalized spacial score (nSPS) is 10.4. The van der Waals surface area contributed by atoms with Gasteiger partial charge in [0.05, 0.1) is 11.8 Å². The molecule has 1 aromatic heterocycles. The number of benzene rings is 1. The van der Waals surface area contributed by atoms with Crippen molar-refractivity contribution in [2.24, 2.45) is 0 Å². The molecule has 4 nitrogen and oxygen atoms in total. The van der Waals surface area contributed by atoms with E-state index in [1.165, 1.54) is 12.3 Å². The molecular weight excluding hydrogens is 204 g/mol. The minimum Gasteiger partial charge on any atom is -0.507 e. The van der Waals surface area contributed by atoms with Crippen LogP contribution in [0.25, 0.3) is 11.3 Å². The molecule has 0 unspecified atom stereocenters. The summed E-state index contributed by atoms with van der Waals surface area (Å²) < 4.78 is 4.89. The maximum Gasteiger partial charge on any atom is 0.193 e. The molecule has 0 fully saturated rings. The van der Waals surface area contributed by atoms with E-state index in [0.717, 1.165) is 0 Å². The van der Waals surface area contributed by atoms with Crippen molar-refractivity contribution < 1.29 is 9.63 Å². The van der Waals surface area contributed by atoms with Gasteiger partial charge in [-0.05, 0) is 18.2 Å². The fourth-order valence-corrected chi connectivity index (χ4v) is 1.31. The lowest BCUT2D eigenvalue weighted by Crippen LogP contribution is -1.85. The van der Waals surface area contributed by atoms with E-state index in [0.29, 0.717) is 22.0 Å². The van der Waals surface area contributed by atoms with Crippen LogP contribution in [0.1, 0.15) is 0 Å². The summed E-state index contributed by atoms with van der Waals surface area (Å²) in [5, 5.41) is 13.5. The SMILES string of the molecule is Nc1cnoc1-c1cc(Cl)ccc1O. The van der Waals surface area contributed by atoms with Gasteiger partial charge in [0.1, 0.15) is 11.4 Å². The summed E-state index contributed by atoms with van der Waals surface area (Å²) in [5.74, 6) is 0.378. The van der Waals surface area contributed by atoms with Gasteiger partial charge in [-0.3, -0.25) is 0 Å². The molecule has 0 spiro atoms. The molecule has 0 bridgehead atoms. The van der Waals surface area contributed by atoms with Crippen molar-refractivity contribution in [2.45, 2.75) is 0 Å². The van der Waals surface area contributed by atoms with E-state index in [-0.39, 0.29) is 5.75 Å². The number of phenols is 1. The van der Waals surface area contributed by atoms with Gasteiger partial charge < -0.3 is 15.4 Å². The largest absolute Gasteiger partial charge is 0.507 e. The summed E-state index contributed by atoms with van der Waals surface area (Å²) in [7, 11) is 0. The van der Waals surface area contributed by atoms with Crippen LogP contribution >= 0.6 is 11.6 Å². The summed E-state index contributed by atoms with van der Waals surface area (Å²) in [4.78, 5) is 0. The number of anilines is 1. The van der Waals surface area contributed by atoms with Crippen molar-refractivity contribution in [2.75, 3.05) is 5.73 Å². The Kier molecular flexibility index (Phi) is 2.05. The molecular formula is C9H7ClN2O2. The second-order valence-corrected chi connectivity index (χ2v) is 3.21. The summed E-state index contributed by atoms with van der Waals surface area (Å²) in [6.07, 6.45) is 1.37. The van der Waals surface area contributed by atoms with Gasteiger partial charge in [-0.25, -0.2) is 0 Å². The molecule has 3 N–H and O–H groups in total. The third kappa shape index (κ3) is 1.40. The second-order valence-electron chi connectivity index (χ2n) is 2.77. The first-order valence-corrected chi connectivity index (χ1v) is 4.25. The van der Waals surface area contributed by atoms with Crippen LogP contribution in [-0.4, -0.2) is 10.3 Å². The molecule has 0 aliphatic heterocycles. The number of phenolic OH excluding ortho intramolecular Hbond substituents is 1. The number of nitrogens with two attached hydrogens (primary N) is 1. The van der Waals surface area contributed by atoms with Gasteiger partial charge in [-0.1, -0.05) is 16.8 Å². The molecule has 0 saturated heterocycles. The van der Waals surface area contributed by atoms with Crippen LogP contribution in [-0.2, 0) is 0 Å². The van der Waals surface area contributed by atoms with Crippen molar-refractivity contribution in [1.29, 1.82) is 0 Å². The van der Waals surface area contributed by atoms with Crippen LogP contribution in [0.3, 0.4) is 0 Å². The number of nitrogens with zero attached hydrogens (tertiary/aromatic N) is 1.